The molecule has 2 N–H and O–H groups in total. The molecule has 22 heavy (non-hydrogen) atoms. The lowest BCUT2D eigenvalue weighted by atomic mass is 10.1. The fraction of sp³-hybridized carbons (Fsp3) is 0.333. The maximum absolute atomic E-state index is 11.7. The average Bonchev–Trinajstić information content (AvgIpc) is 2.70. The van der Waals surface area contributed by atoms with Gasteiger partial charge < -0.3 is 10.2 Å². The predicted octanol–water partition coefficient (Wildman–Crippen LogP) is 2.23. The molecular formula is C15H18ClN3O2S. The van der Waals surface area contributed by atoms with Crippen LogP contribution >= 0.6 is 24.2 Å². The molecule has 0 aromatic heterocycles. The summed E-state index contributed by atoms with van der Waals surface area (Å²) < 4.78 is 0. The summed E-state index contributed by atoms with van der Waals surface area (Å²) in [5, 5.41) is 5.37. The fourth-order valence-corrected chi connectivity index (χ4v) is 3.22. The minimum absolute atomic E-state index is 0. The number of halogens is 1. The van der Waals surface area contributed by atoms with Crippen LogP contribution in [0.3, 0.4) is 0 Å². The van der Waals surface area contributed by atoms with Gasteiger partial charge in [0.15, 0.2) is 0 Å². The predicted molar refractivity (Wildman–Crippen MR) is 92.5 cm³/mol. The summed E-state index contributed by atoms with van der Waals surface area (Å²) in [4.78, 5) is 25.7. The van der Waals surface area contributed by atoms with E-state index in [2.05, 4.69) is 21.6 Å². The molecule has 2 aliphatic rings. The van der Waals surface area contributed by atoms with Crippen molar-refractivity contribution in [1.82, 2.24) is 10.6 Å². The molecular weight excluding hydrogens is 322 g/mol. The Balaban J connectivity index is 0.00000176. The lowest BCUT2D eigenvalue weighted by Crippen LogP contribution is -2.28. The van der Waals surface area contributed by atoms with Gasteiger partial charge in [-0.05, 0) is 42.4 Å². The molecule has 0 spiro atoms. The van der Waals surface area contributed by atoms with E-state index < -0.39 is 0 Å². The summed E-state index contributed by atoms with van der Waals surface area (Å²) in [7, 11) is 0. The van der Waals surface area contributed by atoms with E-state index in [9.17, 15) is 9.59 Å². The van der Waals surface area contributed by atoms with Gasteiger partial charge in [-0.1, -0.05) is 18.2 Å². The number of carbonyl (C=O) groups is 2. The first kappa shape index (κ1) is 16.9. The standard InChI is InChI=1S/C15H17N3O2S.ClH/c19-14-13(21-15(20)17-14)10-11-4-1-2-5-12(11)18-8-3-6-16-7-9-18;/h1-2,4-5,10,16H,3,6-9H2,(H,17,19,20);1H/b13-10-;. The molecule has 2 fully saturated rings. The number of hydrogen-bond acceptors (Lipinski definition) is 5. The van der Waals surface area contributed by atoms with Crippen molar-refractivity contribution >= 4 is 47.1 Å². The van der Waals surface area contributed by atoms with Crippen LogP contribution in [-0.4, -0.2) is 37.3 Å². The summed E-state index contributed by atoms with van der Waals surface area (Å²) in [6.45, 7) is 3.93. The zero-order valence-corrected chi connectivity index (χ0v) is 13.6. The number of rotatable bonds is 2. The molecule has 1 aromatic carbocycles. The van der Waals surface area contributed by atoms with Crippen molar-refractivity contribution in [2.45, 2.75) is 6.42 Å². The zero-order valence-electron chi connectivity index (χ0n) is 12.0. The summed E-state index contributed by atoms with van der Waals surface area (Å²) in [6, 6.07) is 8.00. The number of imide groups is 1. The van der Waals surface area contributed by atoms with Gasteiger partial charge >= 0.3 is 0 Å². The third-order valence-corrected chi connectivity index (χ3v) is 4.36. The van der Waals surface area contributed by atoms with Crippen LogP contribution in [0.5, 0.6) is 0 Å². The van der Waals surface area contributed by atoms with E-state index in [-0.39, 0.29) is 23.6 Å². The zero-order chi connectivity index (χ0) is 14.7. The van der Waals surface area contributed by atoms with Crippen LogP contribution in [0.25, 0.3) is 6.08 Å². The maximum Gasteiger partial charge on any atom is 0.290 e. The largest absolute Gasteiger partial charge is 0.370 e. The quantitative estimate of drug-likeness (QED) is 0.809. The number of carbonyl (C=O) groups excluding carboxylic acids is 2. The van der Waals surface area contributed by atoms with Gasteiger partial charge in [0, 0.05) is 25.3 Å². The highest BCUT2D eigenvalue weighted by atomic mass is 35.5. The summed E-state index contributed by atoms with van der Waals surface area (Å²) in [5.74, 6) is -0.308. The molecule has 5 nitrogen and oxygen atoms in total. The topological polar surface area (TPSA) is 61.4 Å². The molecule has 1 aromatic rings. The molecule has 0 aliphatic carbocycles. The normalized spacial score (nSPS) is 20.5. The second-order valence-corrected chi connectivity index (χ2v) is 6.02. The summed E-state index contributed by atoms with van der Waals surface area (Å²) in [6.07, 6.45) is 2.90. The van der Waals surface area contributed by atoms with Gasteiger partial charge in [0.2, 0.25) is 0 Å². The van der Waals surface area contributed by atoms with Gasteiger partial charge in [0.05, 0.1) is 4.91 Å². The average molecular weight is 340 g/mol. The van der Waals surface area contributed by atoms with Crippen LogP contribution in [0.15, 0.2) is 29.2 Å². The minimum atomic E-state index is -0.308. The van der Waals surface area contributed by atoms with Crippen molar-refractivity contribution in [3.05, 3.63) is 34.7 Å². The number of nitrogens with zero attached hydrogens (tertiary/aromatic N) is 1. The molecule has 0 atom stereocenters. The number of para-hydroxylation sites is 1. The van der Waals surface area contributed by atoms with Crippen molar-refractivity contribution < 1.29 is 9.59 Å². The number of hydrogen-bond donors (Lipinski definition) is 2. The Morgan fingerprint density at radius 2 is 1.95 bits per heavy atom. The molecule has 2 amide bonds. The summed E-state index contributed by atoms with van der Waals surface area (Å²) >= 11 is 0.959. The Morgan fingerprint density at radius 3 is 2.73 bits per heavy atom. The molecule has 2 heterocycles. The third-order valence-electron chi connectivity index (χ3n) is 3.55. The van der Waals surface area contributed by atoms with Crippen LogP contribution in [-0.2, 0) is 4.79 Å². The highest BCUT2D eigenvalue weighted by Gasteiger charge is 2.25. The fourth-order valence-electron chi connectivity index (χ4n) is 2.55. The molecule has 0 bridgehead atoms. The SMILES string of the molecule is Cl.O=C1NC(=O)/C(=C/c2ccccc2N2CCCNCC2)S1. The van der Waals surface area contributed by atoms with Gasteiger partial charge in [0.1, 0.15) is 0 Å². The molecule has 118 valence electrons. The molecule has 3 rings (SSSR count). The first-order valence-corrected chi connectivity index (χ1v) is 7.85. The lowest BCUT2D eigenvalue weighted by molar-refractivity contribution is -0.115. The maximum atomic E-state index is 11.7. The van der Waals surface area contributed by atoms with Gasteiger partial charge in [-0.3, -0.25) is 14.9 Å². The van der Waals surface area contributed by atoms with Gasteiger partial charge in [-0.15, -0.1) is 12.4 Å². The van der Waals surface area contributed by atoms with Crippen molar-refractivity contribution in [3.63, 3.8) is 0 Å². The smallest absolute Gasteiger partial charge is 0.290 e. The molecule has 0 unspecified atom stereocenters. The van der Waals surface area contributed by atoms with E-state index >= 15 is 0 Å². The van der Waals surface area contributed by atoms with Gasteiger partial charge in [-0.25, -0.2) is 0 Å². The second kappa shape index (κ2) is 7.67. The minimum Gasteiger partial charge on any atom is -0.370 e. The van der Waals surface area contributed by atoms with Crippen molar-refractivity contribution in [2.75, 3.05) is 31.1 Å². The molecule has 0 saturated carbocycles. The molecule has 2 aliphatic heterocycles. The first-order chi connectivity index (χ1) is 10.2. The molecule has 2 saturated heterocycles. The number of nitrogens with one attached hydrogen (secondary N) is 2. The Morgan fingerprint density at radius 1 is 1.14 bits per heavy atom. The number of anilines is 1. The third kappa shape index (κ3) is 3.82. The van der Waals surface area contributed by atoms with Crippen molar-refractivity contribution in [1.29, 1.82) is 0 Å². The first-order valence-electron chi connectivity index (χ1n) is 7.03. The number of benzene rings is 1. The van der Waals surface area contributed by atoms with Crippen LogP contribution in [0.4, 0.5) is 10.5 Å². The monoisotopic (exact) mass is 339 g/mol. The highest BCUT2D eigenvalue weighted by Crippen LogP contribution is 2.29. The van der Waals surface area contributed by atoms with E-state index in [0.29, 0.717) is 4.91 Å². The van der Waals surface area contributed by atoms with Crippen LogP contribution in [0, 0.1) is 0 Å². The lowest BCUT2D eigenvalue weighted by Gasteiger charge is -2.24. The van der Waals surface area contributed by atoms with E-state index in [0.717, 1.165) is 55.6 Å². The Kier molecular flexibility index (Phi) is 5.88. The van der Waals surface area contributed by atoms with Crippen molar-refractivity contribution in [3.8, 4) is 0 Å². The van der Waals surface area contributed by atoms with Crippen LogP contribution in [0.2, 0.25) is 0 Å². The Hall–Kier alpha value is -1.50. The Bertz CT molecular complexity index is 598. The van der Waals surface area contributed by atoms with Gasteiger partial charge in [-0.2, -0.15) is 0 Å². The van der Waals surface area contributed by atoms with E-state index in [1.807, 2.05) is 18.2 Å². The summed E-state index contributed by atoms with van der Waals surface area (Å²) in [5.41, 5.74) is 2.09. The second-order valence-electron chi connectivity index (χ2n) is 5.00. The van der Waals surface area contributed by atoms with Gasteiger partial charge in [0.25, 0.3) is 11.1 Å². The van der Waals surface area contributed by atoms with Crippen molar-refractivity contribution in [2.24, 2.45) is 0 Å². The van der Waals surface area contributed by atoms with Crippen LogP contribution in [0.1, 0.15) is 12.0 Å². The molecule has 0 radical (unpaired) electrons. The molecule has 7 heteroatoms. The van der Waals surface area contributed by atoms with E-state index in [1.165, 1.54) is 0 Å². The number of thioether (sulfide) groups is 1. The van der Waals surface area contributed by atoms with Crippen LogP contribution < -0.4 is 15.5 Å². The number of amides is 2. The highest BCUT2D eigenvalue weighted by molar-refractivity contribution is 8.18. The van der Waals surface area contributed by atoms with E-state index in [1.54, 1.807) is 6.08 Å². The van der Waals surface area contributed by atoms with E-state index in [4.69, 9.17) is 0 Å². The Labute approximate surface area is 139 Å².